The van der Waals surface area contributed by atoms with Crippen molar-refractivity contribution in [2.24, 2.45) is 11.8 Å². The van der Waals surface area contributed by atoms with Crippen molar-refractivity contribution in [3.05, 3.63) is 35.9 Å². The van der Waals surface area contributed by atoms with Gasteiger partial charge < -0.3 is 10.2 Å². The highest BCUT2D eigenvalue weighted by Crippen LogP contribution is 2.30. The molecule has 1 aromatic carbocycles. The number of hydrogen-bond acceptors (Lipinski definition) is 2. The molecule has 0 saturated heterocycles. The zero-order valence-electron chi connectivity index (χ0n) is 16.4. The average Bonchev–Trinajstić information content (AvgIpc) is 2.68. The van der Waals surface area contributed by atoms with E-state index in [0.717, 1.165) is 58.0 Å². The Morgan fingerprint density at radius 2 is 1.54 bits per heavy atom. The Hall–Kier alpha value is -1.84. The molecule has 0 aromatic heterocycles. The van der Waals surface area contributed by atoms with Crippen LogP contribution in [0.4, 0.5) is 0 Å². The van der Waals surface area contributed by atoms with Gasteiger partial charge >= 0.3 is 0 Å². The fraction of sp³-hybridized carbons (Fsp3) is 0.636. The monoisotopic (exact) mass is 358 g/mol. The molecule has 0 aliphatic heterocycles. The maximum absolute atomic E-state index is 12.7. The van der Waals surface area contributed by atoms with Crippen molar-refractivity contribution >= 4 is 11.8 Å². The molecule has 0 unspecified atom stereocenters. The van der Waals surface area contributed by atoms with Gasteiger partial charge in [-0.1, -0.05) is 44.2 Å². The molecule has 0 atom stereocenters. The van der Waals surface area contributed by atoms with Gasteiger partial charge in [0.25, 0.3) is 0 Å². The van der Waals surface area contributed by atoms with Crippen LogP contribution in [0.25, 0.3) is 0 Å². The first-order chi connectivity index (χ1) is 12.7. The van der Waals surface area contributed by atoms with E-state index in [2.05, 4.69) is 31.3 Å². The largest absolute Gasteiger partial charge is 0.356 e. The quantitative estimate of drug-likeness (QED) is 0.730. The second kappa shape index (κ2) is 11.0. The Balaban J connectivity index is 1.72. The topological polar surface area (TPSA) is 49.4 Å². The van der Waals surface area contributed by atoms with Crippen molar-refractivity contribution in [3.63, 3.8) is 0 Å². The number of hydrogen-bond donors (Lipinski definition) is 1. The first-order valence-electron chi connectivity index (χ1n) is 10.3. The lowest BCUT2D eigenvalue weighted by Gasteiger charge is -2.31. The minimum Gasteiger partial charge on any atom is -0.356 e. The fourth-order valence-electron chi connectivity index (χ4n) is 3.85. The Bertz CT molecular complexity index is 545. The molecule has 26 heavy (non-hydrogen) atoms. The van der Waals surface area contributed by atoms with Crippen LogP contribution in [0.1, 0.15) is 57.9 Å². The molecule has 1 aliphatic carbocycles. The van der Waals surface area contributed by atoms with Crippen LogP contribution in [0, 0.1) is 11.8 Å². The van der Waals surface area contributed by atoms with Crippen LogP contribution in [0.5, 0.6) is 0 Å². The Kier molecular flexibility index (Phi) is 8.66. The van der Waals surface area contributed by atoms with E-state index in [1.807, 2.05) is 23.1 Å². The zero-order valence-corrected chi connectivity index (χ0v) is 16.4. The van der Waals surface area contributed by atoms with Crippen molar-refractivity contribution in [1.82, 2.24) is 10.2 Å². The molecule has 144 valence electrons. The highest BCUT2D eigenvalue weighted by atomic mass is 16.2. The van der Waals surface area contributed by atoms with Crippen LogP contribution >= 0.6 is 0 Å². The van der Waals surface area contributed by atoms with Gasteiger partial charge in [0.05, 0.1) is 0 Å². The van der Waals surface area contributed by atoms with Crippen LogP contribution < -0.4 is 5.32 Å². The van der Waals surface area contributed by atoms with Crippen LogP contribution in [0.2, 0.25) is 0 Å². The van der Waals surface area contributed by atoms with Gasteiger partial charge in [0, 0.05) is 31.5 Å². The van der Waals surface area contributed by atoms with E-state index in [0.29, 0.717) is 12.5 Å². The normalized spacial score (nSPS) is 19.8. The number of carbonyl (C=O) groups excluding carboxylic acids is 2. The lowest BCUT2D eigenvalue weighted by molar-refractivity contribution is -0.138. The molecule has 2 rings (SSSR count). The van der Waals surface area contributed by atoms with Gasteiger partial charge in [-0.2, -0.15) is 0 Å². The summed E-state index contributed by atoms with van der Waals surface area (Å²) >= 11 is 0. The molecule has 1 aliphatic rings. The summed E-state index contributed by atoms with van der Waals surface area (Å²) in [5, 5.41) is 3.07. The Morgan fingerprint density at radius 1 is 0.962 bits per heavy atom. The number of amides is 2. The van der Waals surface area contributed by atoms with Gasteiger partial charge in [-0.15, -0.1) is 0 Å². The van der Waals surface area contributed by atoms with Crippen molar-refractivity contribution in [3.8, 4) is 0 Å². The standard InChI is InChI=1S/C22H34N2O2/c1-3-16-24(17-4-2)22(26)20-12-10-19(11-13-20)21(25)23-15-14-18-8-6-5-7-9-18/h5-9,19-20H,3-4,10-17H2,1-2H3,(H,23,25). The van der Waals surface area contributed by atoms with E-state index in [1.54, 1.807) is 0 Å². The summed E-state index contributed by atoms with van der Waals surface area (Å²) in [4.78, 5) is 27.1. The van der Waals surface area contributed by atoms with Crippen molar-refractivity contribution in [2.75, 3.05) is 19.6 Å². The molecule has 1 aromatic rings. The highest BCUT2D eigenvalue weighted by molar-refractivity contribution is 5.81. The second-order valence-corrected chi connectivity index (χ2v) is 7.40. The summed E-state index contributed by atoms with van der Waals surface area (Å²) in [7, 11) is 0. The lowest BCUT2D eigenvalue weighted by atomic mass is 9.81. The maximum atomic E-state index is 12.7. The molecule has 0 spiro atoms. The first kappa shape index (κ1) is 20.5. The molecule has 0 bridgehead atoms. The van der Waals surface area contributed by atoms with Crippen molar-refractivity contribution in [2.45, 2.75) is 58.8 Å². The third kappa shape index (κ3) is 6.15. The van der Waals surface area contributed by atoms with Crippen molar-refractivity contribution in [1.29, 1.82) is 0 Å². The van der Waals surface area contributed by atoms with Gasteiger partial charge in [-0.05, 0) is 50.5 Å². The summed E-state index contributed by atoms with van der Waals surface area (Å²) in [6.07, 6.45) is 6.23. The molecule has 0 heterocycles. The Labute approximate surface area is 158 Å². The van der Waals surface area contributed by atoms with E-state index in [1.165, 1.54) is 5.56 Å². The van der Waals surface area contributed by atoms with E-state index < -0.39 is 0 Å². The van der Waals surface area contributed by atoms with Crippen molar-refractivity contribution < 1.29 is 9.59 Å². The third-order valence-corrected chi connectivity index (χ3v) is 5.30. The molecule has 2 amide bonds. The van der Waals surface area contributed by atoms with Crippen LogP contribution in [-0.4, -0.2) is 36.3 Å². The van der Waals surface area contributed by atoms with Gasteiger partial charge in [-0.3, -0.25) is 9.59 Å². The minimum absolute atomic E-state index is 0.0700. The number of rotatable bonds is 9. The molecule has 4 heteroatoms. The number of carbonyl (C=O) groups is 2. The SMILES string of the molecule is CCCN(CCC)C(=O)C1CCC(C(=O)NCCc2ccccc2)CC1. The van der Waals surface area contributed by atoms with E-state index in [-0.39, 0.29) is 17.7 Å². The molecule has 0 radical (unpaired) electrons. The summed E-state index contributed by atoms with van der Waals surface area (Å²) in [6, 6.07) is 10.2. The van der Waals surface area contributed by atoms with E-state index in [9.17, 15) is 9.59 Å². The number of nitrogens with zero attached hydrogens (tertiary/aromatic N) is 1. The molecule has 1 saturated carbocycles. The average molecular weight is 359 g/mol. The van der Waals surface area contributed by atoms with Gasteiger partial charge in [0.15, 0.2) is 0 Å². The summed E-state index contributed by atoms with van der Waals surface area (Å²) in [6.45, 7) is 6.63. The second-order valence-electron chi connectivity index (χ2n) is 7.40. The lowest BCUT2D eigenvalue weighted by Crippen LogP contribution is -2.40. The molecular formula is C22H34N2O2. The van der Waals surface area contributed by atoms with E-state index in [4.69, 9.17) is 0 Å². The van der Waals surface area contributed by atoms with Crippen LogP contribution in [0.15, 0.2) is 30.3 Å². The molecular weight excluding hydrogens is 324 g/mol. The van der Waals surface area contributed by atoms with Gasteiger partial charge in [0.2, 0.25) is 11.8 Å². The molecule has 1 fully saturated rings. The third-order valence-electron chi connectivity index (χ3n) is 5.30. The fourth-order valence-corrected chi connectivity index (χ4v) is 3.85. The summed E-state index contributed by atoms with van der Waals surface area (Å²) < 4.78 is 0. The highest BCUT2D eigenvalue weighted by Gasteiger charge is 2.31. The molecule has 1 N–H and O–H groups in total. The first-order valence-corrected chi connectivity index (χ1v) is 10.3. The summed E-state index contributed by atoms with van der Waals surface area (Å²) in [5.41, 5.74) is 1.24. The Morgan fingerprint density at radius 3 is 2.12 bits per heavy atom. The van der Waals surface area contributed by atoms with Crippen LogP contribution in [0.3, 0.4) is 0 Å². The number of benzene rings is 1. The van der Waals surface area contributed by atoms with Gasteiger partial charge in [0.1, 0.15) is 0 Å². The smallest absolute Gasteiger partial charge is 0.225 e. The van der Waals surface area contributed by atoms with E-state index >= 15 is 0 Å². The zero-order chi connectivity index (χ0) is 18.8. The summed E-state index contributed by atoms with van der Waals surface area (Å²) in [5.74, 6) is 0.643. The predicted molar refractivity (Wildman–Crippen MR) is 106 cm³/mol. The van der Waals surface area contributed by atoms with Gasteiger partial charge in [-0.25, -0.2) is 0 Å². The molecule has 4 nitrogen and oxygen atoms in total. The van der Waals surface area contributed by atoms with Crippen LogP contribution in [-0.2, 0) is 16.0 Å². The number of nitrogens with one attached hydrogen (secondary N) is 1. The maximum Gasteiger partial charge on any atom is 0.225 e. The minimum atomic E-state index is 0.0700. The predicted octanol–water partition coefficient (Wildman–Crippen LogP) is 3.80.